The van der Waals surface area contributed by atoms with E-state index >= 15 is 0 Å². The average molecular weight is 543 g/mol. The third-order valence-electron chi connectivity index (χ3n) is 6.68. The summed E-state index contributed by atoms with van der Waals surface area (Å²) in [4.78, 5) is 47.9. The highest BCUT2D eigenvalue weighted by atomic mass is 35.5. The molecule has 1 atom stereocenters. The number of hydrogen-bond acceptors (Lipinski definition) is 6. The van der Waals surface area contributed by atoms with Gasteiger partial charge in [-0.05, 0) is 49.7 Å². The van der Waals surface area contributed by atoms with Gasteiger partial charge >= 0.3 is 0 Å². The molecule has 1 aliphatic rings. The summed E-state index contributed by atoms with van der Waals surface area (Å²) in [6.07, 6.45) is 1.53. The molecule has 0 aliphatic carbocycles. The van der Waals surface area contributed by atoms with E-state index in [0.717, 1.165) is 11.3 Å². The number of fused-ring (bicyclic) bond motifs is 1. The van der Waals surface area contributed by atoms with Crippen molar-refractivity contribution in [3.8, 4) is 11.6 Å². The third-order valence-corrected chi connectivity index (χ3v) is 6.93. The first-order chi connectivity index (χ1) is 18.8. The molecular formula is C27H23ClN8O3. The van der Waals surface area contributed by atoms with Crippen LogP contribution in [0.5, 0.6) is 0 Å². The fourth-order valence-electron chi connectivity index (χ4n) is 4.74. The van der Waals surface area contributed by atoms with Gasteiger partial charge in [0.25, 0.3) is 5.56 Å². The largest absolute Gasteiger partial charge is 0.311 e. The lowest BCUT2D eigenvalue weighted by molar-refractivity contribution is -0.122. The number of nitrogens with one attached hydrogen (secondary N) is 2. The predicted octanol–water partition coefficient (Wildman–Crippen LogP) is 3.56. The van der Waals surface area contributed by atoms with E-state index < -0.39 is 11.5 Å². The maximum atomic E-state index is 13.3. The van der Waals surface area contributed by atoms with Gasteiger partial charge in [-0.1, -0.05) is 29.8 Å². The molecule has 1 saturated heterocycles. The number of aromatic amines is 1. The van der Waals surface area contributed by atoms with Crippen LogP contribution in [0, 0.1) is 19.8 Å². The van der Waals surface area contributed by atoms with E-state index in [4.69, 9.17) is 11.6 Å². The van der Waals surface area contributed by atoms with Crippen LogP contribution in [0.1, 0.15) is 17.7 Å². The van der Waals surface area contributed by atoms with Crippen molar-refractivity contribution in [1.29, 1.82) is 0 Å². The maximum Gasteiger partial charge on any atom is 0.263 e. The molecule has 1 unspecified atom stereocenters. The van der Waals surface area contributed by atoms with Gasteiger partial charge in [-0.3, -0.25) is 19.4 Å². The first kappa shape index (κ1) is 24.6. The molecule has 12 heteroatoms. The Hall–Kier alpha value is -4.77. The molecule has 3 aromatic heterocycles. The van der Waals surface area contributed by atoms with Crippen molar-refractivity contribution in [2.24, 2.45) is 5.92 Å². The van der Waals surface area contributed by atoms with Crippen molar-refractivity contribution < 1.29 is 9.59 Å². The molecule has 2 amide bonds. The van der Waals surface area contributed by atoms with E-state index in [0.29, 0.717) is 33.3 Å². The number of H-pyrrole nitrogens is 1. The average Bonchev–Trinajstić information content (AvgIpc) is 3.61. The summed E-state index contributed by atoms with van der Waals surface area (Å²) < 4.78 is 2.90. The minimum Gasteiger partial charge on any atom is -0.311 e. The number of carbonyl (C=O) groups is 2. The molecule has 2 N–H and O–H groups in total. The van der Waals surface area contributed by atoms with E-state index in [9.17, 15) is 14.4 Å². The van der Waals surface area contributed by atoms with Crippen LogP contribution < -0.4 is 15.8 Å². The molecule has 1 aliphatic heterocycles. The van der Waals surface area contributed by atoms with Crippen molar-refractivity contribution in [2.75, 3.05) is 16.8 Å². The summed E-state index contributed by atoms with van der Waals surface area (Å²) in [7, 11) is 0. The van der Waals surface area contributed by atoms with Gasteiger partial charge in [-0.15, -0.1) is 0 Å². The molecule has 0 radical (unpaired) electrons. The van der Waals surface area contributed by atoms with Crippen molar-refractivity contribution in [3.05, 3.63) is 87.4 Å². The summed E-state index contributed by atoms with van der Waals surface area (Å²) in [5.41, 5.74) is 2.94. The molecule has 5 aromatic rings. The summed E-state index contributed by atoms with van der Waals surface area (Å²) in [6.45, 7) is 3.96. The number of amides is 2. The van der Waals surface area contributed by atoms with Gasteiger partial charge in [-0.2, -0.15) is 19.9 Å². The zero-order valence-electron chi connectivity index (χ0n) is 21.1. The second-order valence-corrected chi connectivity index (χ2v) is 9.86. The lowest BCUT2D eigenvalue weighted by Crippen LogP contribution is -2.29. The Morgan fingerprint density at radius 1 is 1.08 bits per heavy atom. The Morgan fingerprint density at radius 3 is 2.62 bits per heavy atom. The molecule has 2 aromatic carbocycles. The van der Waals surface area contributed by atoms with E-state index in [-0.39, 0.29) is 30.7 Å². The van der Waals surface area contributed by atoms with Crippen molar-refractivity contribution >= 4 is 46.0 Å². The Bertz CT molecular complexity index is 1800. The Balaban J connectivity index is 1.31. The minimum atomic E-state index is -0.554. The Morgan fingerprint density at radius 2 is 1.85 bits per heavy atom. The quantitative estimate of drug-likeness (QED) is 0.349. The van der Waals surface area contributed by atoms with Gasteiger partial charge in [0.05, 0.1) is 23.5 Å². The van der Waals surface area contributed by atoms with Crippen LogP contribution >= 0.6 is 11.6 Å². The van der Waals surface area contributed by atoms with E-state index in [1.54, 1.807) is 42.2 Å². The molecule has 6 rings (SSSR count). The molecule has 39 heavy (non-hydrogen) atoms. The predicted molar refractivity (Wildman–Crippen MR) is 147 cm³/mol. The van der Waals surface area contributed by atoms with Crippen molar-refractivity contribution in [3.63, 3.8) is 0 Å². The number of aryl methyl sites for hydroxylation is 2. The number of anilines is 2. The maximum absolute atomic E-state index is 13.3. The number of aromatic nitrogens is 6. The number of rotatable bonds is 5. The van der Waals surface area contributed by atoms with Crippen molar-refractivity contribution in [1.82, 2.24) is 29.5 Å². The highest BCUT2D eigenvalue weighted by Gasteiger charge is 2.36. The van der Waals surface area contributed by atoms with Gasteiger partial charge < -0.3 is 10.2 Å². The van der Waals surface area contributed by atoms with Gasteiger partial charge in [0.15, 0.2) is 5.65 Å². The molecular weight excluding hydrogens is 520 g/mol. The first-order valence-corrected chi connectivity index (χ1v) is 12.6. The Labute approximate surface area is 227 Å². The molecule has 11 nitrogen and oxygen atoms in total. The Kier molecular flexibility index (Phi) is 5.99. The monoisotopic (exact) mass is 542 g/mol. The number of nitrogens with zero attached hydrogens (tertiary/aromatic N) is 6. The smallest absolute Gasteiger partial charge is 0.263 e. The van der Waals surface area contributed by atoms with Gasteiger partial charge in [0, 0.05) is 29.7 Å². The van der Waals surface area contributed by atoms with Gasteiger partial charge in [0.1, 0.15) is 11.2 Å². The molecule has 1 fully saturated rings. The van der Waals surface area contributed by atoms with Gasteiger partial charge in [-0.25, -0.2) is 4.68 Å². The summed E-state index contributed by atoms with van der Waals surface area (Å²) in [5, 5.41) is 12.5. The summed E-state index contributed by atoms with van der Waals surface area (Å²) in [5.74, 6) is -0.562. The highest BCUT2D eigenvalue weighted by Crippen LogP contribution is 2.29. The van der Waals surface area contributed by atoms with Crippen LogP contribution in [0.15, 0.2) is 65.6 Å². The second-order valence-electron chi connectivity index (χ2n) is 9.42. The highest BCUT2D eigenvalue weighted by molar-refractivity contribution is 6.30. The lowest BCUT2D eigenvalue weighted by Gasteiger charge is -2.19. The molecule has 0 spiro atoms. The molecule has 4 heterocycles. The summed E-state index contributed by atoms with van der Waals surface area (Å²) >= 11 is 6.02. The number of halogens is 1. The van der Waals surface area contributed by atoms with Crippen LogP contribution in [0.25, 0.3) is 22.7 Å². The SMILES string of the molecule is Cc1cc(NC(=O)C2CC(=O)N(c3ccccc3C)C2)n(-c2nc3c(cnn3-c3ccc(Cl)cc3)c(=O)[nH]2)n1. The van der Waals surface area contributed by atoms with Crippen LogP contribution in [0.3, 0.4) is 0 Å². The normalized spacial score (nSPS) is 15.3. The fourth-order valence-corrected chi connectivity index (χ4v) is 4.86. The zero-order valence-corrected chi connectivity index (χ0v) is 21.8. The molecule has 0 saturated carbocycles. The third kappa shape index (κ3) is 4.46. The van der Waals surface area contributed by atoms with Gasteiger partial charge in [0.2, 0.25) is 17.8 Å². The zero-order chi connectivity index (χ0) is 27.3. The van der Waals surface area contributed by atoms with Crippen molar-refractivity contribution in [2.45, 2.75) is 20.3 Å². The van der Waals surface area contributed by atoms with E-state index in [1.807, 2.05) is 31.2 Å². The number of carbonyl (C=O) groups excluding carboxylic acids is 2. The first-order valence-electron chi connectivity index (χ1n) is 12.3. The summed E-state index contributed by atoms with van der Waals surface area (Å²) in [6, 6.07) is 16.2. The lowest BCUT2D eigenvalue weighted by atomic mass is 10.1. The van der Waals surface area contributed by atoms with Crippen LogP contribution in [0.4, 0.5) is 11.5 Å². The second kappa shape index (κ2) is 9.52. The van der Waals surface area contributed by atoms with Crippen LogP contribution in [0.2, 0.25) is 5.02 Å². The standard InChI is InChI=1S/C27H23ClN8O3/c1-15-5-3-4-6-21(15)34-14-17(12-23(34)37)25(38)30-22-11-16(2)33-36(22)27-31-24-20(26(39)32-27)13-29-35(24)19-9-7-18(28)8-10-19/h3-11,13,17H,12,14H2,1-2H3,(H,30,38)(H,31,32,39). The van der Waals surface area contributed by atoms with E-state index in [1.165, 1.54) is 15.6 Å². The van der Waals surface area contributed by atoms with E-state index in [2.05, 4.69) is 25.5 Å². The van der Waals surface area contributed by atoms with Crippen LogP contribution in [-0.4, -0.2) is 47.9 Å². The topological polar surface area (TPSA) is 131 Å². The number of hydrogen-bond donors (Lipinski definition) is 2. The fraction of sp³-hybridized carbons (Fsp3) is 0.185. The molecule has 196 valence electrons. The number of benzene rings is 2. The van der Waals surface area contributed by atoms with Crippen LogP contribution in [-0.2, 0) is 9.59 Å². The number of para-hydroxylation sites is 1. The molecule has 0 bridgehead atoms. The minimum absolute atomic E-state index is 0.0919.